The largest absolute Gasteiger partial charge is 0.464 e. The second-order valence-corrected chi connectivity index (χ2v) is 5.19. The molecule has 0 aliphatic rings. The number of carbonyl (C=O) groups is 1. The first kappa shape index (κ1) is 13.6. The van der Waals surface area contributed by atoms with Crippen LogP contribution < -0.4 is 5.73 Å². The zero-order chi connectivity index (χ0) is 13.8. The molecule has 1 atom stereocenters. The van der Waals surface area contributed by atoms with Crippen LogP contribution in [0, 0.1) is 5.92 Å². The Hall–Kier alpha value is -1.81. The highest BCUT2D eigenvalue weighted by Gasteiger charge is 2.17. The van der Waals surface area contributed by atoms with E-state index in [1.165, 1.54) is 0 Å². The Bertz CT molecular complexity index is 560. The smallest absolute Gasteiger partial charge is 0.323 e. The molecule has 1 heterocycles. The molecule has 19 heavy (non-hydrogen) atoms. The molecule has 0 radical (unpaired) electrons. The number of aromatic nitrogens is 1. The van der Waals surface area contributed by atoms with Crippen molar-refractivity contribution in [1.82, 2.24) is 4.98 Å². The van der Waals surface area contributed by atoms with Crippen LogP contribution in [0.15, 0.2) is 30.5 Å². The number of hydrogen-bond donors (Lipinski definition) is 2. The van der Waals surface area contributed by atoms with E-state index in [1.807, 2.05) is 44.3 Å². The summed E-state index contributed by atoms with van der Waals surface area (Å²) in [5.74, 6) is -0.0109. The first-order chi connectivity index (χ1) is 9.08. The molecule has 0 saturated heterocycles. The van der Waals surface area contributed by atoms with Crippen molar-refractivity contribution in [3.8, 4) is 0 Å². The van der Waals surface area contributed by atoms with Crippen LogP contribution in [0.1, 0.15) is 19.4 Å². The summed E-state index contributed by atoms with van der Waals surface area (Å²) in [6.07, 6.45) is 2.39. The predicted molar refractivity (Wildman–Crippen MR) is 75.8 cm³/mol. The van der Waals surface area contributed by atoms with Crippen molar-refractivity contribution in [2.75, 3.05) is 6.61 Å². The standard InChI is InChI=1S/C15H20N2O2/c1-10(2)9-19-15(18)13(16)7-11-8-17-14-6-4-3-5-12(11)14/h3-6,8,10,13,17H,7,9,16H2,1-2H3/t13-/m0/s1. The third-order valence-electron chi connectivity index (χ3n) is 2.98. The Balaban J connectivity index is 2.02. The molecule has 0 amide bonds. The Morgan fingerprint density at radius 3 is 2.84 bits per heavy atom. The summed E-state index contributed by atoms with van der Waals surface area (Å²) in [6, 6.07) is 7.36. The molecule has 1 aromatic carbocycles. The second-order valence-electron chi connectivity index (χ2n) is 5.19. The Kier molecular flexibility index (Phi) is 4.22. The number of para-hydroxylation sites is 1. The summed E-state index contributed by atoms with van der Waals surface area (Å²) in [5.41, 5.74) is 8.00. The zero-order valence-corrected chi connectivity index (χ0v) is 11.3. The maximum absolute atomic E-state index is 11.8. The molecular formula is C15H20N2O2. The number of esters is 1. The van der Waals surface area contributed by atoms with Gasteiger partial charge in [-0.2, -0.15) is 0 Å². The van der Waals surface area contributed by atoms with Crippen molar-refractivity contribution < 1.29 is 9.53 Å². The number of H-pyrrole nitrogens is 1. The first-order valence-corrected chi connectivity index (χ1v) is 6.55. The molecule has 1 aromatic heterocycles. The molecule has 2 aromatic rings. The number of fused-ring (bicyclic) bond motifs is 1. The number of nitrogens with two attached hydrogens (primary N) is 1. The highest BCUT2D eigenvalue weighted by molar-refractivity contribution is 5.84. The number of carbonyl (C=O) groups excluding carboxylic acids is 1. The molecule has 3 N–H and O–H groups in total. The third-order valence-corrected chi connectivity index (χ3v) is 2.98. The lowest BCUT2D eigenvalue weighted by Crippen LogP contribution is -2.35. The van der Waals surface area contributed by atoms with Crippen LogP contribution in [-0.4, -0.2) is 23.6 Å². The lowest BCUT2D eigenvalue weighted by atomic mass is 10.1. The molecular weight excluding hydrogens is 240 g/mol. The lowest BCUT2D eigenvalue weighted by molar-refractivity contribution is -0.146. The monoisotopic (exact) mass is 260 g/mol. The minimum Gasteiger partial charge on any atom is -0.464 e. The van der Waals surface area contributed by atoms with Gasteiger partial charge in [0.1, 0.15) is 6.04 Å². The highest BCUT2D eigenvalue weighted by Crippen LogP contribution is 2.18. The minimum atomic E-state index is -0.613. The Morgan fingerprint density at radius 1 is 1.37 bits per heavy atom. The van der Waals surface area contributed by atoms with E-state index in [1.54, 1.807) is 0 Å². The van der Waals surface area contributed by atoms with Gasteiger partial charge in [0.15, 0.2) is 0 Å². The molecule has 4 heteroatoms. The molecule has 0 bridgehead atoms. The summed E-state index contributed by atoms with van der Waals surface area (Å²) >= 11 is 0. The van der Waals surface area contributed by atoms with Crippen LogP contribution in [0.25, 0.3) is 10.9 Å². The van der Waals surface area contributed by atoms with Crippen molar-refractivity contribution in [3.63, 3.8) is 0 Å². The van der Waals surface area contributed by atoms with E-state index in [0.29, 0.717) is 18.9 Å². The fraction of sp³-hybridized carbons (Fsp3) is 0.400. The molecule has 0 spiro atoms. The number of aromatic amines is 1. The molecule has 0 fully saturated rings. The van der Waals surface area contributed by atoms with E-state index in [2.05, 4.69) is 4.98 Å². The SMILES string of the molecule is CC(C)COC(=O)[C@@H](N)Cc1c[nH]c2ccccc12. The fourth-order valence-electron chi connectivity index (χ4n) is 1.98. The van der Waals surface area contributed by atoms with Crippen molar-refractivity contribution in [2.24, 2.45) is 11.7 Å². The molecule has 2 rings (SSSR count). The zero-order valence-electron chi connectivity index (χ0n) is 11.3. The maximum atomic E-state index is 11.8. The summed E-state index contributed by atoms with van der Waals surface area (Å²) in [5, 5.41) is 1.11. The average molecular weight is 260 g/mol. The molecule has 4 nitrogen and oxygen atoms in total. The van der Waals surface area contributed by atoms with Gasteiger partial charge in [-0.25, -0.2) is 0 Å². The molecule has 0 unspecified atom stereocenters. The van der Waals surface area contributed by atoms with Crippen molar-refractivity contribution in [3.05, 3.63) is 36.0 Å². The van der Waals surface area contributed by atoms with Crippen LogP contribution in [0.3, 0.4) is 0 Å². The van der Waals surface area contributed by atoms with Crippen molar-refractivity contribution >= 4 is 16.9 Å². The Morgan fingerprint density at radius 2 is 2.11 bits per heavy atom. The van der Waals surface area contributed by atoms with E-state index in [4.69, 9.17) is 10.5 Å². The van der Waals surface area contributed by atoms with Crippen LogP contribution in [0.5, 0.6) is 0 Å². The molecule has 0 aliphatic carbocycles. The number of nitrogens with one attached hydrogen (secondary N) is 1. The van der Waals surface area contributed by atoms with Gasteiger partial charge in [0.25, 0.3) is 0 Å². The van der Waals surface area contributed by atoms with Crippen LogP contribution in [-0.2, 0) is 16.0 Å². The lowest BCUT2D eigenvalue weighted by Gasteiger charge is -2.12. The minimum absolute atomic E-state index is 0.323. The predicted octanol–water partition coefficient (Wildman–Crippen LogP) is 2.24. The first-order valence-electron chi connectivity index (χ1n) is 6.55. The second kappa shape index (κ2) is 5.89. The fourth-order valence-corrected chi connectivity index (χ4v) is 1.98. The van der Waals surface area contributed by atoms with Gasteiger partial charge in [-0.3, -0.25) is 4.79 Å². The van der Waals surface area contributed by atoms with Gasteiger partial charge in [0.2, 0.25) is 0 Å². The molecule has 0 saturated carbocycles. The third kappa shape index (κ3) is 3.35. The molecule has 0 aliphatic heterocycles. The van der Waals surface area contributed by atoms with Gasteiger partial charge < -0.3 is 15.5 Å². The normalized spacial score (nSPS) is 12.8. The summed E-state index contributed by atoms with van der Waals surface area (Å²) in [7, 11) is 0. The highest BCUT2D eigenvalue weighted by atomic mass is 16.5. The molecule has 102 valence electrons. The Labute approximate surface area is 112 Å². The van der Waals surface area contributed by atoms with E-state index in [0.717, 1.165) is 16.5 Å². The van der Waals surface area contributed by atoms with E-state index >= 15 is 0 Å². The van der Waals surface area contributed by atoms with Gasteiger partial charge in [0.05, 0.1) is 6.61 Å². The quantitative estimate of drug-likeness (QED) is 0.810. The maximum Gasteiger partial charge on any atom is 0.323 e. The van der Waals surface area contributed by atoms with E-state index in [9.17, 15) is 4.79 Å². The van der Waals surface area contributed by atoms with Gasteiger partial charge in [-0.15, -0.1) is 0 Å². The van der Waals surface area contributed by atoms with Gasteiger partial charge in [0, 0.05) is 23.5 Å². The number of benzene rings is 1. The van der Waals surface area contributed by atoms with Gasteiger partial charge in [-0.05, 0) is 17.5 Å². The van der Waals surface area contributed by atoms with Gasteiger partial charge in [-0.1, -0.05) is 32.0 Å². The van der Waals surface area contributed by atoms with Crippen molar-refractivity contribution in [2.45, 2.75) is 26.3 Å². The van der Waals surface area contributed by atoms with Crippen LogP contribution >= 0.6 is 0 Å². The van der Waals surface area contributed by atoms with Gasteiger partial charge >= 0.3 is 5.97 Å². The summed E-state index contributed by atoms with van der Waals surface area (Å²) in [4.78, 5) is 14.9. The number of rotatable bonds is 5. The number of ether oxygens (including phenoxy) is 1. The van der Waals surface area contributed by atoms with Crippen molar-refractivity contribution in [1.29, 1.82) is 0 Å². The van der Waals surface area contributed by atoms with Crippen LogP contribution in [0.2, 0.25) is 0 Å². The summed E-state index contributed by atoms with van der Waals surface area (Å²) < 4.78 is 5.15. The van der Waals surface area contributed by atoms with E-state index < -0.39 is 6.04 Å². The van der Waals surface area contributed by atoms with E-state index in [-0.39, 0.29) is 5.97 Å². The topological polar surface area (TPSA) is 68.1 Å². The number of hydrogen-bond acceptors (Lipinski definition) is 3. The van der Waals surface area contributed by atoms with Crippen LogP contribution in [0.4, 0.5) is 0 Å². The summed E-state index contributed by atoms with van der Waals surface area (Å²) in [6.45, 7) is 4.41. The average Bonchev–Trinajstić information content (AvgIpc) is 2.79.